The fourth-order valence-corrected chi connectivity index (χ4v) is 1.65. The van der Waals surface area contributed by atoms with Crippen LogP contribution in [0.25, 0.3) is 0 Å². The highest BCUT2D eigenvalue weighted by atomic mass is 16.5. The third-order valence-electron chi connectivity index (χ3n) is 2.47. The largest absolute Gasteiger partial charge is 0.383 e. The van der Waals surface area contributed by atoms with Crippen LogP contribution < -0.4 is 5.32 Å². The Morgan fingerprint density at radius 1 is 1.07 bits per heavy atom. The zero-order valence-corrected chi connectivity index (χ0v) is 10.1. The Labute approximate surface area is 89.4 Å². The predicted molar refractivity (Wildman–Crippen MR) is 62.7 cm³/mol. The summed E-state index contributed by atoms with van der Waals surface area (Å²) in [5.41, 5.74) is 0. The van der Waals surface area contributed by atoms with Gasteiger partial charge in [0.15, 0.2) is 0 Å². The molecular weight excluding hydrogens is 174 g/mol. The number of unbranched alkanes of at least 4 members (excludes halogenated alkanes) is 3. The lowest BCUT2D eigenvalue weighted by molar-refractivity contribution is 0.162. The number of hydrogen-bond acceptors (Lipinski definition) is 2. The van der Waals surface area contributed by atoms with Crippen LogP contribution in [0.1, 0.15) is 52.4 Å². The highest BCUT2D eigenvalue weighted by Crippen LogP contribution is 2.00. The Bertz CT molecular complexity index is 100. The molecule has 0 aliphatic heterocycles. The van der Waals surface area contributed by atoms with E-state index in [9.17, 15) is 0 Å². The Kier molecular flexibility index (Phi) is 10.9. The summed E-state index contributed by atoms with van der Waals surface area (Å²) < 4.78 is 5.17. The molecule has 0 amide bonds. The summed E-state index contributed by atoms with van der Waals surface area (Å²) >= 11 is 0. The maximum absolute atomic E-state index is 5.17. The van der Waals surface area contributed by atoms with Crippen LogP contribution in [0.4, 0.5) is 0 Å². The van der Waals surface area contributed by atoms with Gasteiger partial charge in [-0.15, -0.1) is 0 Å². The van der Waals surface area contributed by atoms with E-state index >= 15 is 0 Å². The van der Waals surface area contributed by atoms with Crippen molar-refractivity contribution in [2.75, 3.05) is 20.3 Å². The van der Waals surface area contributed by atoms with Gasteiger partial charge in [0.2, 0.25) is 0 Å². The van der Waals surface area contributed by atoms with Gasteiger partial charge in [0.25, 0.3) is 0 Å². The van der Waals surface area contributed by atoms with Crippen molar-refractivity contribution in [3.8, 4) is 0 Å². The monoisotopic (exact) mass is 201 g/mol. The first kappa shape index (κ1) is 13.9. The van der Waals surface area contributed by atoms with Gasteiger partial charge in [-0.25, -0.2) is 0 Å². The van der Waals surface area contributed by atoms with Crippen LogP contribution >= 0.6 is 0 Å². The lowest BCUT2D eigenvalue weighted by Gasteiger charge is -2.16. The highest BCUT2D eigenvalue weighted by molar-refractivity contribution is 4.64. The van der Waals surface area contributed by atoms with Gasteiger partial charge in [0.05, 0.1) is 6.61 Å². The molecule has 0 aliphatic carbocycles. The van der Waals surface area contributed by atoms with Crippen molar-refractivity contribution < 1.29 is 4.74 Å². The molecule has 0 radical (unpaired) electrons. The summed E-state index contributed by atoms with van der Waals surface area (Å²) in [5.74, 6) is 0. The molecule has 1 unspecified atom stereocenters. The molecule has 0 aromatic carbocycles. The standard InChI is InChI=1S/C12H27NO/c1-4-6-7-8-10-13-12(9-5-2)11-14-3/h12-13H,4-11H2,1-3H3. The molecule has 0 aromatic rings. The van der Waals surface area contributed by atoms with Crippen LogP contribution in [-0.4, -0.2) is 26.3 Å². The van der Waals surface area contributed by atoms with E-state index in [2.05, 4.69) is 19.2 Å². The van der Waals surface area contributed by atoms with Gasteiger partial charge in [-0.2, -0.15) is 0 Å². The van der Waals surface area contributed by atoms with Crippen LogP contribution in [0.15, 0.2) is 0 Å². The minimum Gasteiger partial charge on any atom is -0.383 e. The van der Waals surface area contributed by atoms with E-state index in [0.717, 1.165) is 13.2 Å². The molecule has 0 saturated carbocycles. The molecule has 2 heteroatoms. The molecule has 1 N–H and O–H groups in total. The van der Waals surface area contributed by atoms with Crippen LogP contribution in [0.2, 0.25) is 0 Å². The molecule has 0 spiro atoms. The number of nitrogens with one attached hydrogen (secondary N) is 1. The quantitative estimate of drug-likeness (QED) is 0.549. The Morgan fingerprint density at radius 2 is 1.86 bits per heavy atom. The smallest absolute Gasteiger partial charge is 0.0615 e. The number of methoxy groups -OCH3 is 1. The lowest BCUT2D eigenvalue weighted by Crippen LogP contribution is -2.33. The molecule has 0 aliphatic rings. The van der Waals surface area contributed by atoms with E-state index in [-0.39, 0.29) is 0 Å². The predicted octanol–water partition coefficient (Wildman–Crippen LogP) is 2.97. The molecule has 86 valence electrons. The number of rotatable bonds is 10. The maximum Gasteiger partial charge on any atom is 0.0615 e. The van der Waals surface area contributed by atoms with E-state index in [1.54, 1.807) is 7.11 Å². The molecule has 14 heavy (non-hydrogen) atoms. The van der Waals surface area contributed by atoms with Crippen molar-refractivity contribution in [1.82, 2.24) is 5.32 Å². The van der Waals surface area contributed by atoms with Crippen molar-refractivity contribution in [2.24, 2.45) is 0 Å². The highest BCUT2D eigenvalue weighted by Gasteiger charge is 2.04. The van der Waals surface area contributed by atoms with Gasteiger partial charge in [0.1, 0.15) is 0 Å². The number of hydrogen-bond donors (Lipinski definition) is 1. The Balaban J connectivity index is 3.30. The fourth-order valence-electron chi connectivity index (χ4n) is 1.65. The van der Waals surface area contributed by atoms with Gasteiger partial charge < -0.3 is 10.1 Å². The molecule has 0 bridgehead atoms. The van der Waals surface area contributed by atoms with Crippen molar-refractivity contribution in [2.45, 2.75) is 58.4 Å². The average molecular weight is 201 g/mol. The third-order valence-corrected chi connectivity index (χ3v) is 2.47. The zero-order valence-electron chi connectivity index (χ0n) is 10.1. The minimum absolute atomic E-state index is 0.562. The third kappa shape index (κ3) is 8.52. The summed E-state index contributed by atoms with van der Waals surface area (Å²) in [6.45, 7) is 6.47. The van der Waals surface area contributed by atoms with Crippen LogP contribution in [0.3, 0.4) is 0 Å². The van der Waals surface area contributed by atoms with Gasteiger partial charge in [-0.1, -0.05) is 39.5 Å². The molecule has 0 aromatic heterocycles. The summed E-state index contributed by atoms with van der Waals surface area (Å²) in [6.07, 6.45) is 7.80. The topological polar surface area (TPSA) is 21.3 Å². The first-order valence-corrected chi connectivity index (χ1v) is 6.07. The second-order valence-corrected chi connectivity index (χ2v) is 3.96. The zero-order chi connectivity index (χ0) is 10.6. The summed E-state index contributed by atoms with van der Waals surface area (Å²) in [4.78, 5) is 0. The van der Waals surface area contributed by atoms with Crippen molar-refractivity contribution in [3.63, 3.8) is 0 Å². The van der Waals surface area contributed by atoms with Crippen LogP contribution in [0.5, 0.6) is 0 Å². The normalized spacial score (nSPS) is 13.1. The number of ether oxygens (including phenoxy) is 1. The average Bonchev–Trinajstić information content (AvgIpc) is 2.18. The molecule has 0 heterocycles. The van der Waals surface area contributed by atoms with E-state index < -0.39 is 0 Å². The SMILES string of the molecule is CCCCCCNC(CCC)COC. The van der Waals surface area contributed by atoms with E-state index in [0.29, 0.717) is 6.04 Å². The van der Waals surface area contributed by atoms with Gasteiger partial charge in [-0.3, -0.25) is 0 Å². The maximum atomic E-state index is 5.17. The molecule has 0 fully saturated rings. The van der Waals surface area contributed by atoms with Crippen LogP contribution in [-0.2, 0) is 4.74 Å². The van der Waals surface area contributed by atoms with E-state index in [1.807, 2.05) is 0 Å². The molecule has 1 atom stereocenters. The second-order valence-electron chi connectivity index (χ2n) is 3.96. The molecule has 0 saturated heterocycles. The van der Waals surface area contributed by atoms with E-state index in [1.165, 1.54) is 38.5 Å². The molecule has 0 rings (SSSR count). The first-order chi connectivity index (χ1) is 6.85. The van der Waals surface area contributed by atoms with Crippen molar-refractivity contribution in [3.05, 3.63) is 0 Å². The molecule has 2 nitrogen and oxygen atoms in total. The van der Waals surface area contributed by atoms with Gasteiger partial charge in [0, 0.05) is 13.2 Å². The fraction of sp³-hybridized carbons (Fsp3) is 1.00. The summed E-state index contributed by atoms with van der Waals surface area (Å²) in [7, 11) is 1.78. The van der Waals surface area contributed by atoms with Gasteiger partial charge in [-0.05, 0) is 19.4 Å². The Morgan fingerprint density at radius 3 is 2.43 bits per heavy atom. The van der Waals surface area contributed by atoms with Crippen molar-refractivity contribution in [1.29, 1.82) is 0 Å². The second kappa shape index (κ2) is 11.0. The van der Waals surface area contributed by atoms with E-state index in [4.69, 9.17) is 4.74 Å². The van der Waals surface area contributed by atoms with Gasteiger partial charge >= 0.3 is 0 Å². The summed E-state index contributed by atoms with van der Waals surface area (Å²) in [6, 6.07) is 0.562. The lowest BCUT2D eigenvalue weighted by atomic mass is 10.1. The van der Waals surface area contributed by atoms with Crippen LogP contribution in [0, 0.1) is 0 Å². The minimum atomic E-state index is 0.562. The Hall–Kier alpha value is -0.0800. The molecular formula is C12H27NO. The first-order valence-electron chi connectivity index (χ1n) is 6.07. The summed E-state index contributed by atoms with van der Waals surface area (Å²) in [5, 5.41) is 3.56. The van der Waals surface area contributed by atoms with Crippen molar-refractivity contribution >= 4 is 0 Å².